The molecule has 2 aromatic carbocycles. The van der Waals surface area contributed by atoms with E-state index in [1.807, 2.05) is 48.9 Å². The van der Waals surface area contributed by atoms with Crippen LogP contribution in [0.4, 0.5) is 0 Å². The first-order valence-corrected chi connectivity index (χ1v) is 10.8. The highest BCUT2D eigenvalue weighted by Gasteiger charge is 2.17. The highest BCUT2D eigenvalue weighted by Crippen LogP contribution is 2.33. The van der Waals surface area contributed by atoms with E-state index in [9.17, 15) is 9.59 Å². The molecule has 5 aromatic rings. The van der Waals surface area contributed by atoms with Crippen molar-refractivity contribution in [1.29, 1.82) is 0 Å². The fourth-order valence-electron chi connectivity index (χ4n) is 3.66. The van der Waals surface area contributed by atoms with Crippen molar-refractivity contribution in [3.8, 4) is 0 Å². The number of hydrogen-bond acceptors (Lipinski definition) is 5. The summed E-state index contributed by atoms with van der Waals surface area (Å²) < 4.78 is 1.88. The third-order valence-corrected chi connectivity index (χ3v) is 6.68. The first kappa shape index (κ1) is 20.1. The zero-order valence-electron chi connectivity index (χ0n) is 17.5. The predicted octanol–water partition coefficient (Wildman–Crippen LogP) is 3.53. The molecule has 0 aliphatic heterocycles. The van der Waals surface area contributed by atoms with Crippen LogP contribution in [0.2, 0.25) is 0 Å². The molecule has 0 fully saturated rings. The van der Waals surface area contributed by atoms with Crippen molar-refractivity contribution in [2.24, 2.45) is 7.05 Å². The van der Waals surface area contributed by atoms with Gasteiger partial charge in [0.2, 0.25) is 0 Å². The lowest BCUT2D eigenvalue weighted by atomic mass is 10.1. The summed E-state index contributed by atoms with van der Waals surface area (Å²) in [5.41, 5.74) is 2.91. The van der Waals surface area contributed by atoms with Gasteiger partial charge in [-0.2, -0.15) is 10.2 Å². The minimum Gasteiger partial charge on any atom is -0.345 e. The van der Waals surface area contributed by atoms with E-state index in [4.69, 9.17) is 0 Å². The average Bonchev–Trinajstić information content (AvgIpc) is 3.38. The Morgan fingerprint density at radius 1 is 1.12 bits per heavy atom. The Balaban J connectivity index is 1.36. The van der Waals surface area contributed by atoms with Crippen LogP contribution < -0.4 is 10.9 Å². The largest absolute Gasteiger partial charge is 0.345 e. The van der Waals surface area contributed by atoms with Crippen LogP contribution in [0.15, 0.2) is 69.3 Å². The molecule has 0 radical (unpaired) electrons. The molecule has 5 rings (SSSR count). The Morgan fingerprint density at radius 3 is 2.78 bits per heavy atom. The number of fused-ring (bicyclic) bond motifs is 2. The highest BCUT2D eigenvalue weighted by molar-refractivity contribution is 7.99. The van der Waals surface area contributed by atoms with Gasteiger partial charge in [-0.25, -0.2) is 5.10 Å². The van der Waals surface area contributed by atoms with Crippen molar-refractivity contribution in [3.63, 3.8) is 0 Å². The van der Waals surface area contributed by atoms with Crippen LogP contribution >= 0.6 is 11.8 Å². The molecule has 0 saturated heterocycles. The molecule has 160 valence electrons. The summed E-state index contributed by atoms with van der Waals surface area (Å²) >= 11 is 1.61. The van der Waals surface area contributed by atoms with Gasteiger partial charge in [-0.1, -0.05) is 30.0 Å². The molecule has 0 bridgehead atoms. The summed E-state index contributed by atoms with van der Waals surface area (Å²) in [5, 5.41) is 18.9. The maximum Gasteiger partial charge on any atom is 0.272 e. The summed E-state index contributed by atoms with van der Waals surface area (Å²) in [5.74, 6) is -0.204. The molecule has 3 N–H and O–H groups in total. The zero-order chi connectivity index (χ0) is 22.2. The summed E-state index contributed by atoms with van der Waals surface area (Å²) in [7, 11) is 1.88. The smallest absolute Gasteiger partial charge is 0.272 e. The second-order valence-corrected chi connectivity index (χ2v) is 8.60. The molecule has 32 heavy (non-hydrogen) atoms. The maximum absolute atomic E-state index is 12.9. The van der Waals surface area contributed by atoms with E-state index in [0.717, 1.165) is 31.8 Å². The van der Waals surface area contributed by atoms with Crippen molar-refractivity contribution in [2.75, 3.05) is 0 Å². The Morgan fingerprint density at radius 2 is 1.94 bits per heavy atom. The highest BCUT2D eigenvalue weighted by atomic mass is 32.2. The number of benzene rings is 2. The zero-order valence-corrected chi connectivity index (χ0v) is 18.3. The van der Waals surface area contributed by atoms with Crippen LogP contribution in [0.1, 0.15) is 21.9 Å². The van der Waals surface area contributed by atoms with Crippen molar-refractivity contribution >= 4 is 39.3 Å². The van der Waals surface area contributed by atoms with E-state index in [-0.39, 0.29) is 18.0 Å². The SMILES string of the molecule is Cc1c(Sc2ccc3[nH]ncc3c2)cc(C(=O)NCc2n[nH]c(=O)c3ccccc23)n1C. The summed E-state index contributed by atoms with van der Waals surface area (Å²) in [6, 6.07) is 15.2. The molecule has 1 amide bonds. The van der Waals surface area contributed by atoms with Crippen molar-refractivity contribution in [3.05, 3.63) is 82.2 Å². The first-order chi connectivity index (χ1) is 15.5. The van der Waals surface area contributed by atoms with Gasteiger partial charge < -0.3 is 9.88 Å². The Bertz CT molecular complexity index is 1530. The predicted molar refractivity (Wildman–Crippen MR) is 124 cm³/mol. The molecule has 0 saturated carbocycles. The number of amides is 1. The van der Waals surface area contributed by atoms with Gasteiger partial charge in [-0.3, -0.25) is 14.7 Å². The van der Waals surface area contributed by atoms with Crippen molar-refractivity contribution in [2.45, 2.75) is 23.3 Å². The molecule has 3 heterocycles. The Kier molecular flexibility index (Phi) is 5.02. The fourth-order valence-corrected chi connectivity index (χ4v) is 4.70. The summed E-state index contributed by atoms with van der Waals surface area (Å²) in [4.78, 5) is 27.0. The lowest BCUT2D eigenvalue weighted by molar-refractivity contribution is 0.0942. The van der Waals surface area contributed by atoms with Gasteiger partial charge in [0.1, 0.15) is 5.69 Å². The minimum atomic E-state index is -0.246. The molecule has 0 aliphatic carbocycles. The Hall–Kier alpha value is -3.85. The number of nitrogens with zero attached hydrogens (tertiary/aromatic N) is 3. The molecule has 0 spiro atoms. The molecular weight excluding hydrogens is 424 g/mol. The minimum absolute atomic E-state index is 0.204. The lowest BCUT2D eigenvalue weighted by Crippen LogP contribution is -2.26. The van der Waals surface area contributed by atoms with Gasteiger partial charge in [0.25, 0.3) is 11.5 Å². The van der Waals surface area contributed by atoms with Crippen molar-refractivity contribution < 1.29 is 4.79 Å². The summed E-state index contributed by atoms with van der Waals surface area (Å²) in [6.07, 6.45) is 1.80. The number of nitrogens with one attached hydrogen (secondary N) is 3. The number of H-pyrrole nitrogens is 2. The Labute approximate surface area is 187 Å². The quantitative estimate of drug-likeness (QED) is 0.384. The monoisotopic (exact) mass is 444 g/mol. The third kappa shape index (κ3) is 3.56. The van der Waals surface area contributed by atoms with E-state index in [1.54, 1.807) is 30.1 Å². The van der Waals surface area contributed by atoms with E-state index in [2.05, 4.69) is 31.8 Å². The van der Waals surface area contributed by atoms with Gasteiger partial charge in [0.15, 0.2) is 0 Å². The van der Waals surface area contributed by atoms with Crippen LogP contribution in [-0.4, -0.2) is 30.9 Å². The second-order valence-electron chi connectivity index (χ2n) is 7.49. The van der Waals surface area contributed by atoms with Gasteiger partial charge in [0.05, 0.1) is 29.3 Å². The molecule has 0 unspecified atom stereocenters. The van der Waals surface area contributed by atoms with Crippen LogP contribution in [0.3, 0.4) is 0 Å². The molecule has 9 heteroatoms. The maximum atomic E-state index is 12.9. The molecular formula is C23H20N6O2S. The number of rotatable bonds is 5. The number of aromatic amines is 2. The number of aromatic nitrogens is 5. The summed E-state index contributed by atoms with van der Waals surface area (Å²) in [6.45, 7) is 2.20. The van der Waals surface area contributed by atoms with Crippen LogP contribution in [0, 0.1) is 6.92 Å². The second kappa shape index (κ2) is 8.01. The van der Waals surface area contributed by atoms with Crippen LogP contribution in [0.5, 0.6) is 0 Å². The van der Waals surface area contributed by atoms with Crippen molar-refractivity contribution in [1.82, 2.24) is 30.3 Å². The molecule has 0 atom stereocenters. The number of carbonyl (C=O) groups is 1. The molecule has 8 nitrogen and oxygen atoms in total. The van der Waals surface area contributed by atoms with E-state index in [0.29, 0.717) is 16.8 Å². The van der Waals surface area contributed by atoms with E-state index in [1.165, 1.54) is 0 Å². The molecule has 0 aliphatic rings. The van der Waals surface area contributed by atoms with Gasteiger partial charge >= 0.3 is 0 Å². The fraction of sp³-hybridized carbons (Fsp3) is 0.130. The van der Waals surface area contributed by atoms with Gasteiger partial charge in [-0.05, 0) is 37.3 Å². The lowest BCUT2D eigenvalue weighted by Gasteiger charge is -2.08. The normalized spacial score (nSPS) is 11.3. The third-order valence-electron chi connectivity index (χ3n) is 5.55. The van der Waals surface area contributed by atoms with E-state index < -0.39 is 0 Å². The number of hydrogen-bond donors (Lipinski definition) is 3. The topological polar surface area (TPSA) is 108 Å². The van der Waals surface area contributed by atoms with E-state index >= 15 is 0 Å². The number of carbonyl (C=O) groups excluding carboxylic acids is 1. The van der Waals surface area contributed by atoms with Crippen LogP contribution in [0.25, 0.3) is 21.7 Å². The first-order valence-electron chi connectivity index (χ1n) is 10.0. The average molecular weight is 445 g/mol. The van der Waals surface area contributed by atoms with Crippen LogP contribution in [-0.2, 0) is 13.6 Å². The molecule has 3 aromatic heterocycles. The van der Waals surface area contributed by atoms with Gasteiger partial charge in [0, 0.05) is 33.3 Å². The van der Waals surface area contributed by atoms with Gasteiger partial charge in [-0.15, -0.1) is 0 Å². The standard InChI is InChI=1S/C23H20N6O2S/c1-13-21(32-15-7-8-18-14(9-15)11-25-26-18)10-20(29(13)2)23(31)24-12-19-16-5-3-4-6-17(16)22(30)28-27-19/h3-11H,12H2,1-2H3,(H,24,31)(H,25,26)(H,28,30).